The zero-order chi connectivity index (χ0) is 11.3. The zero-order valence-electron chi connectivity index (χ0n) is 8.83. The van der Waals surface area contributed by atoms with Crippen LogP contribution < -0.4 is 0 Å². The quantitative estimate of drug-likeness (QED) is 0.749. The molecular formula is C10H14ClNO2S. The van der Waals surface area contributed by atoms with Crippen LogP contribution in [0.1, 0.15) is 16.1 Å². The molecule has 0 N–H and O–H groups in total. The first-order valence-corrected chi connectivity index (χ1v) is 5.84. The molecule has 1 rings (SSSR count). The minimum absolute atomic E-state index is 0.0167. The predicted molar refractivity (Wildman–Crippen MR) is 62.8 cm³/mol. The van der Waals surface area contributed by atoms with Crippen molar-refractivity contribution in [2.24, 2.45) is 0 Å². The lowest BCUT2D eigenvalue weighted by Crippen LogP contribution is -2.27. The van der Waals surface area contributed by atoms with Gasteiger partial charge in [0.2, 0.25) is 0 Å². The minimum atomic E-state index is 0.0167. The molecule has 5 heteroatoms. The molecule has 84 valence electrons. The molecule has 1 aromatic rings. The molecular weight excluding hydrogens is 234 g/mol. The van der Waals surface area contributed by atoms with Gasteiger partial charge in [0.25, 0.3) is 5.91 Å². The zero-order valence-corrected chi connectivity index (χ0v) is 10.4. The fourth-order valence-electron chi connectivity index (χ4n) is 1.16. The van der Waals surface area contributed by atoms with Gasteiger partial charge in [-0.05, 0) is 18.6 Å². The fraction of sp³-hybridized carbons (Fsp3) is 0.500. The van der Waals surface area contributed by atoms with Gasteiger partial charge in [0.15, 0.2) is 0 Å². The summed E-state index contributed by atoms with van der Waals surface area (Å²) in [4.78, 5) is 14.2. The Morgan fingerprint density at radius 2 is 2.33 bits per heavy atom. The molecule has 0 aromatic carbocycles. The van der Waals surface area contributed by atoms with Gasteiger partial charge in [-0.2, -0.15) is 0 Å². The highest BCUT2D eigenvalue weighted by atomic mass is 35.5. The SMILES string of the molecule is COCCCN(C)C(=O)c1ccc(Cl)s1. The Morgan fingerprint density at radius 3 is 2.87 bits per heavy atom. The average molecular weight is 248 g/mol. The monoisotopic (exact) mass is 247 g/mol. The Kier molecular flexibility index (Phi) is 5.08. The summed E-state index contributed by atoms with van der Waals surface area (Å²) in [5.74, 6) is 0.0167. The van der Waals surface area contributed by atoms with Crippen molar-refractivity contribution in [3.8, 4) is 0 Å². The normalized spacial score (nSPS) is 10.3. The number of nitrogens with zero attached hydrogens (tertiary/aromatic N) is 1. The molecule has 0 saturated carbocycles. The van der Waals surface area contributed by atoms with Crippen LogP contribution in [-0.4, -0.2) is 38.1 Å². The summed E-state index contributed by atoms with van der Waals surface area (Å²) in [6.45, 7) is 1.37. The molecule has 0 fully saturated rings. The second kappa shape index (κ2) is 6.10. The van der Waals surface area contributed by atoms with Gasteiger partial charge in [-0.1, -0.05) is 11.6 Å². The van der Waals surface area contributed by atoms with Gasteiger partial charge in [-0.3, -0.25) is 4.79 Å². The molecule has 0 unspecified atom stereocenters. The van der Waals surface area contributed by atoms with E-state index in [0.29, 0.717) is 22.4 Å². The maximum atomic E-state index is 11.8. The van der Waals surface area contributed by atoms with Gasteiger partial charge < -0.3 is 9.64 Å². The van der Waals surface area contributed by atoms with Crippen molar-refractivity contribution in [2.45, 2.75) is 6.42 Å². The third-order valence-electron chi connectivity index (χ3n) is 1.97. The number of hydrogen-bond donors (Lipinski definition) is 0. The van der Waals surface area contributed by atoms with E-state index in [9.17, 15) is 4.79 Å². The number of rotatable bonds is 5. The molecule has 1 heterocycles. The number of amides is 1. The number of halogens is 1. The lowest BCUT2D eigenvalue weighted by atomic mass is 10.3. The summed E-state index contributed by atoms with van der Waals surface area (Å²) in [7, 11) is 3.44. The van der Waals surface area contributed by atoms with Crippen LogP contribution in [0.5, 0.6) is 0 Å². The van der Waals surface area contributed by atoms with E-state index in [-0.39, 0.29) is 5.91 Å². The third-order valence-corrected chi connectivity index (χ3v) is 3.19. The highest BCUT2D eigenvalue weighted by molar-refractivity contribution is 7.17. The van der Waals surface area contributed by atoms with E-state index in [1.807, 2.05) is 0 Å². The largest absolute Gasteiger partial charge is 0.385 e. The van der Waals surface area contributed by atoms with Crippen molar-refractivity contribution in [1.29, 1.82) is 0 Å². The van der Waals surface area contributed by atoms with E-state index in [4.69, 9.17) is 16.3 Å². The first-order valence-electron chi connectivity index (χ1n) is 4.65. The summed E-state index contributed by atoms with van der Waals surface area (Å²) in [6, 6.07) is 3.49. The summed E-state index contributed by atoms with van der Waals surface area (Å²) < 4.78 is 5.57. The predicted octanol–water partition coefficient (Wildman–Crippen LogP) is 2.51. The van der Waals surface area contributed by atoms with Gasteiger partial charge in [-0.15, -0.1) is 11.3 Å². The van der Waals surface area contributed by atoms with Gasteiger partial charge >= 0.3 is 0 Å². The molecule has 0 aliphatic rings. The van der Waals surface area contributed by atoms with Crippen LogP contribution in [0.2, 0.25) is 4.34 Å². The molecule has 0 atom stereocenters. The number of carbonyl (C=O) groups is 1. The lowest BCUT2D eigenvalue weighted by Gasteiger charge is -2.15. The summed E-state index contributed by atoms with van der Waals surface area (Å²) in [5, 5.41) is 0. The molecule has 0 bridgehead atoms. The van der Waals surface area contributed by atoms with Crippen molar-refractivity contribution in [2.75, 3.05) is 27.3 Å². The number of carbonyl (C=O) groups excluding carboxylic acids is 1. The smallest absolute Gasteiger partial charge is 0.263 e. The number of thiophene rings is 1. The highest BCUT2D eigenvalue weighted by Gasteiger charge is 2.13. The van der Waals surface area contributed by atoms with E-state index in [1.54, 1.807) is 31.2 Å². The standard InChI is InChI=1S/C10H14ClNO2S/c1-12(6-3-7-14-2)10(13)8-4-5-9(11)15-8/h4-5H,3,6-7H2,1-2H3. The van der Waals surface area contributed by atoms with Crippen LogP contribution in [0.15, 0.2) is 12.1 Å². The fourth-order valence-corrected chi connectivity index (χ4v) is 2.20. The van der Waals surface area contributed by atoms with Gasteiger partial charge in [-0.25, -0.2) is 0 Å². The van der Waals surface area contributed by atoms with Crippen molar-refractivity contribution < 1.29 is 9.53 Å². The van der Waals surface area contributed by atoms with E-state index in [1.165, 1.54) is 11.3 Å². The highest BCUT2D eigenvalue weighted by Crippen LogP contribution is 2.22. The average Bonchev–Trinajstić information content (AvgIpc) is 2.64. The molecule has 0 saturated heterocycles. The van der Waals surface area contributed by atoms with Crippen LogP contribution in [0.25, 0.3) is 0 Å². The summed E-state index contributed by atoms with van der Waals surface area (Å²) in [5.41, 5.74) is 0. The topological polar surface area (TPSA) is 29.5 Å². The molecule has 0 radical (unpaired) electrons. The van der Waals surface area contributed by atoms with Crippen molar-refractivity contribution in [1.82, 2.24) is 4.90 Å². The molecule has 1 aromatic heterocycles. The van der Waals surface area contributed by atoms with Crippen LogP contribution >= 0.6 is 22.9 Å². The van der Waals surface area contributed by atoms with Crippen molar-refractivity contribution in [3.63, 3.8) is 0 Å². The molecule has 0 aliphatic heterocycles. The minimum Gasteiger partial charge on any atom is -0.385 e. The van der Waals surface area contributed by atoms with E-state index >= 15 is 0 Å². The first-order chi connectivity index (χ1) is 7.15. The first kappa shape index (κ1) is 12.5. The Balaban J connectivity index is 2.46. The van der Waals surface area contributed by atoms with Crippen LogP contribution in [0.3, 0.4) is 0 Å². The molecule has 0 aliphatic carbocycles. The molecule has 3 nitrogen and oxygen atoms in total. The van der Waals surface area contributed by atoms with Crippen LogP contribution in [-0.2, 0) is 4.74 Å². The van der Waals surface area contributed by atoms with Gasteiger partial charge in [0.05, 0.1) is 9.21 Å². The van der Waals surface area contributed by atoms with Gasteiger partial charge in [0.1, 0.15) is 0 Å². The summed E-state index contributed by atoms with van der Waals surface area (Å²) in [6.07, 6.45) is 0.845. The Morgan fingerprint density at radius 1 is 1.60 bits per heavy atom. The number of methoxy groups -OCH3 is 1. The Labute approximate surface area is 98.6 Å². The lowest BCUT2D eigenvalue weighted by molar-refractivity contribution is 0.0784. The number of hydrogen-bond acceptors (Lipinski definition) is 3. The second-order valence-electron chi connectivity index (χ2n) is 3.18. The number of ether oxygens (including phenoxy) is 1. The molecule has 0 spiro atoms. The Hall–Kier alpha value is -0.580. The second-order valence-corrected chi connectivity index (χ2v) is 4.89. The van der Waals surface area contributed by atoms with Gasteiger partial charge in [0, 0.05) is 27.3 Å². The van der Waals surface area contributed by atoms with E-state index < -0.39 is 0 Å². The molecule has 1 amide bonds. The van der Waals surface area contributed by atoms with Crippen molar-refractivity contribution in [3.05, 3.63) is 21.3 Å². The Bertz CT molecular complexity index is 327. The molecule has 15 heavy (non-hydrogen) atoms. The maximum Gasteiger partial charge on any atom is 0.263 e. The maximum absolute atomic E-state index is 11.8. The van der Waals surface area contributed by atoms with Crippen LogP contribution in [0.4, 0.5) is 0 Å². The summed E-state index contributed by atoms with van der Waals surface area (Å²) >= 11 is 7.07. The van der Waals surface area contributed by atoms with Crippen molar-refractivity contribution >= 4 is 28.8 Å². The van der Waals surface area contributed by atoms with E-state index in [2.05, 4.69) is 0 Å². The van der Waals surface area contributed by atoms with Crippen LogP contribution in [0, 0.1) is 0 Å². The van der Waals surface area contributed by atoms with E-state index in [0.717, 1.165) is 6.42 Å². The third kappa shape index (κ3) is 3.81.